The highest BCUT2D eigenvalue weighted by Crippen LogP contribution is 2.31. The Morgan fingerprint density at radius 1 is 1.10 bits per heavy atom. The van der Waals surface area contributed by atoms with Crippen LogP contribution in [0.4, 0.5) is 5.69 Å². The van der Waals surface area contributed by atoms with Crippen LogP contribution in [0.2, 0.25) is 0 Å². The molecule has 0 bridgehead atoms. The van der Waals surface area contributed by atoms with E-state index in [1.807, 2.05) is 12.1 Å². The first kappa shape index (κ1) is 20.4. The summed E-state index contributed by atoms with van der Waals surface area (Å²) in [5.41, 5.74) is 1.27. The lowest BCUT2D eigenvalue weighted by molar-refractivity contribution is -0.384. The van der Waals surface area contributed by atoms with Crippen molar-refractivity contribution < 1.29 is 13.9 Å². The zero-order valence-corrected chi connectivity index (χ0v) is 17.1. The lowest BCUT2D eigenvalue weighted by Crippen LogP contribution is -2.25. The highest BCUT2D eigenvalue weighted by Gasteiger charge is 2.23. The van der Waals surface area contributed by atoms with E-state index in [-0.39, 0.29) is 17.6 Å². The van der Waals surface area contributed by atoms with Crippen molar-refractivity contribution in [3.8, 4) is 22.7 Å². The number of para-hydroxylation sites is 1. The summed E-state index contributed by atoms with van der Waals surface area (Å²) in [7, 11) is 0. The van der Waals surface area contributed by atoms with E-state index in [0.29, 0.717) is 35.3 Å². The van der Waals surface area contributed by atoms with E-state index in [2.05, 4.69) is 34.3 Å². The summed E-state index contributed by atoms with van der Waals surface area (Å²) in [6, 6.07) is 13.5. The summed E-state index contributed by atoms with van der Waals surface area (Å²) in [5.74, 6) is 2.25. The van der Waals surface area contributed by atoms with Crippen LogP contribution in [0.15, 0.2) is 69.9 Å². The molecule has 9 heteroatoms. The fourth-order valence-electron chi connectivity index (χ4n) is 3.26. The first-order chi connectivity index (χ1) is 15.0. The smallest absolute Gasteiger partial charge is 0.280 e. The van der Waals surface area contributed by atoms with Gasteiger partial charge < -0.3 is 8.94 Å². The number of aromatic nitrogens is 3. The summed E-state index contributed by atoms with van der Waals surface area (Å²) in [6.07, 6.45) is 3.35. The first-order valence-electron chi connectivity index (χ1n) is 9.83. The number of nitro benzene ring substituents is 1. The molecule has 1 aromatic carbocycles. The zero-order valence-electron chi connectivity index (χ0n) is 17.1. The molecule has 4 aromatic rings. The van der Waals surface area contributed by atoms with E-state index in [4.69, 9.17) is 8.94 Å². The number of nitrogens with one attached hydrogen (secondary N) is 1. The second-order valence-corrected chi connectivity index (χ2v) is 7.33. The van der Waals surface area contributed by atoms with Gasteiger partial charge in [-0.25, -0.2) is 0 Å². The van der Waals surface area contributed by atoms with Gasteiger partial charge in [-0.15, -0.1) is 0 Å². The Balaban J connectivity index is 1.49. The minimum atomic E-state index is -0.416. The molecule has 3 aromatic heterocycles. The van der Waals surface area contributed by atoms with Crippen molar-refractivity contribution in [3.63, 3.8) is 0 Å². The number of benzene rings is 1. The van der Waals surface area contributed by atoms with Crippen molar-refractivity contribution in [2.24, 2.45) is 5.92 Å². The molecule has 0 unspecified atom stereocenters. The molecule has 3 heterocycles. The molecule has 0 radical (unpaired) electrons. The van der Waals surface area contributed by atoms with Crippen LogP contribution in [0.5, 0.6) is 0 Å². The van der Waals surface area contributed by atoms with Gasteiger partial charge in [0.2, 0.25) is 11.7 Å². The fraction of sp³-hybridized carbons (Fsp3) is 0.227. The molecular formula is C22H21N5O4. The number of pyridine rings is 1. The van der Waals surface area contributed by atoms with Crippen molar-refractivity contribution in [1.29, 1.82) is 0 Å². The minimum absolute atomic E-state index is 0.00548. The summed E-state index contributed by atoms with van der Waals surface area (Å²) in [4.78, 5) is 19.4. The van der Waals surface area contributed by atoms with Crippen molar-refractivity contribution >= 4 is 5.69 Å². The molecule has 158 valence electrons. The predicted octanol–water partition coefficient (Wildman–Crippen LogP) is 4.79. The lowest BCUT2D eigenvalue weighted by atomic mass is 10.0. The number of nitro groups is 1. The van der Waals surface area contributed by atoms with E-state index < -0.39 is 4.92 Å². The summed E-state index contributed by atoms with van der Waals surface area (Å²) < 4.78 is 11.4. The van der Waals surface area contributed by atoms with E-state index in [0.717, 1.165) is 5.56 Å². The maximum Gasteiger partial charge on any atom is 0.280 e. The van der Waals surface area contributed by atoms with Crippen LogP contribution < -0.4 is 5.32 Å². The molecule has 1 N–H and O–H groups in total. The second-order valence-electron chi connectivity index (χ2n) is 7.33. The molecule has 0 fully saturated rings. The average molecular weight is 419 g/mol. The Labute approximate surface area is 178 Å². The standard InChI is InChI=1S/C22H21N5O4/c1-14(2)20(22-25-21(26-31-22)15-9-11-23-12-10-15)24-13-16-7-8-19(30-16)17-5-3-4-6-18(17)27(28)29/h3-12,14,20,24H,13H2,1-2H3/t20-/m0/s1. The zero-order chi connectivity index (χ0) is 21.8. The maximum absolute atomic E-state index is 11.3. The lowest BCUT2D eigenvalue weighted by Gasteiger charge is -2.17. The second kappa shape index (κ2) is 8.88. The van der Waals surface area contributed by atoms with Gasteiger partial charge in [-0.1, -0.05) is 31.1 Å². The van der Waals surface area contributed by atoms with Gasteiger partial charge in [0.05, 0.1) is 23.1 Å². The maximum atomic E-state index is 11.3. The van der Waals surface area contributed by atoms with E-state index >= 15 is 0 Å². The molecule has 0 aliphatic heterocycles. The Morgan fingerprint density at radius 2 is 1.87 bits per heavy atom. The highest BCUT2D eigenvalue weighted by atomic mass is 16.6. The van der Waals surface area contributed by atoms with E-state index in [1.54, 1.807) is 42.7 Å². The number of hydrogen-bond acceptors (Lipinski definition) is 8. The van der Waals surface area contributed by atoms with Gasteiger partial charge >= 0.3 is 0 Å². The summed E-state index contributed by atoms with van der Waals surface area (Å²) >= 11 is 0. The van der Waals surface area contributed by atoms with Crippen molar-refractivity contribution in [2.45, 2.75) is 26.4 Å². The van der Waals surface area contributed by atoms with Crippen molar-refractivity contribution in [3.05, 3.63) is 82.7 Å². The Bertz CT molecular complexity index is 1170. The molecule has 0 amide bonds. The van der Waals surface area contributed by atoms with Crippen LogP contribution in [-0.2, 0) is 6.54 Å². The van der Waals surface area contributed by atoms with Crippen LogP contribution in [-0.4, -0.2) is 20.0 Å². The minimum Gasteiger partial charge on any atom is -0.459 e. The van der Waals surface area contributed by atoms with Crippen LogP contribution in [0.1, 0.15) is 31.5 Å². The number of furan rings is 1. The van der Waals surface area contributed by atoms with Gasteiger partial charge in [-0.05, 0) is 36.2 Å². The molecule has 4 rings (SSSR count). The molecular weight excluding hydrogens is 398 g/mol. The van der Waals surface area contributed by atoms with Crippen molar-refractivity contribution in [2.75, 3.05) is 0 Å². The van der Waals surface area contributed by atoms with Gasteiger partial charge in [0.25, 0.3) is 5.69 Å². The third-order valence-electron chi connectivity index (χ3n) is 4.84. The van der Waals surface area contributed by atoms with Gasteiger partial charge in [0, 0.05) is 24.0 Å². The Morgan fingerprint density at radius 3 is 2.61 bits per heavy atom. The summed E-state index contributed by atoms with van der Waals surface area (Å²) in [6.45, 7) is 4.50. The third kappa shape index (κ3) is 4.51. The number of hydrogen-bond donors (Lipinski definition) is 1. The predicted molar refractivity (Wildman–Crippen MR) is 113 cm³/mol. The normalized spacial score (nSPS) is 12.2. The largest absolute Gasteiger partial charge is 0.459 e. The van der Waals surface area contributed by atoms with E-state index in [1.165, 1.54) is 6.07 Å². The SMILES string of the molecule is CC(C)[C@H](NCc1ccc(-c2ccccc2[N+](=O)[O-])o1)c1nc(-c2ccncc2)no1. The van der Waals surface area contributed by atoms with E-state index in [9.17, 15) is 10.1 Å². The van der Waals surface area contributed by atoms with Gasteiger partial charge in [0.1, 0.15) is 11.5 Å². The molecule has 0 aliphatic carbocycles. The van der Waals surface area contributed by atoms with Crippen LogP contribution >= 0.6 is 0 Å². The highest BCUT2D eigenvalue weighted by molar-refractivity contribution is 5.69. The van der Waals surface area contributed by atoms with Crippen molar-refractivity contribution in [1.82, 2.24) is 20.4 Å². The third-order valence-corrected chi connectivity index (χ3v) is 4.84. The topological polar surface area (TPSA) is 120 Å². The summed E-state index contributed by atoms with van der Waals surface area (Å²) in [5, 5.41) is 18.7. The number of nitrogens with zero attached hydrogens (tertiary/aromatic N) is 4. The van der Waals surface area contributed by atoms with Crippen LogP contribution in [0.3, 0.4) is 0 Å². The molecule has 0 saturated carbocycles. The first-order valence-corrected chi connectivity index (χ1v) is 9.83. The molecule has 0 aliphatic rings. The van der Waals surface area contributed by atoms with Crippen LogP contribution in [0, 0.1) is 16.0 Å². The van der Waals surface area contributed by atoms with Crippen LogP contribution in [0.25, 0.3) is 22.7 Å². The van der Waals surface area contributed by atoms with Gasteiger partial charge in [0.15, 0.2) is 0 Å². The average Bonchev–Trinajstić information content (AvgIpc) is 3.44. The quantitative estimate of drug-likeness (QED) is 0.320. The molecule has 0 spiro atoms. The fourth-order valence-corrected chi connectivity index (χ4v) is 3.26. The van der Waals surface area contributed by atoms with Gasteiger partial charge in [-0.2, -0.15) is 4.98 Å². The van der Waals surface area contributed by atoms with Gasteiger partial charge in [-0.3, -0.25) is 20.4 Å². The monoisotopic (exact) mass is 419 g/mol. The molecule has 31 heavy (non-hydrogen) atoms. The molecule has 0 saturated heterocycles. The number of rotatable bonds is 8. The Hall–Kier alpha value is -3.85. The molecule has 1 atom stereocenters. The molecule has 9 nitrogen and oxygen atoms in total. The Kier molecular flexibility index (Phi) is 5.85.